The molecule has 4 aliphatic rings. The van der Waals surface area contributed by atoms with Crippen molar-refractivity contribution < 1.29 is 19.1 Å². The fraction of sp³-hybridized carbons (Fsp3) is 0.476. The summed E-state index contributed by atoms with van der Waals surface area (Å²) in [5.41, 5.74) is 5.52. The van der Waals surface area contributed by atoms with Gasteiger partial charge in [0.05, 0.1) is 48.0 Å². The first kappa shape index (κ1) is 38.5. The van der Waals surface area contributed by atoms with E-state index in [4.69, 9.17) is 52.6 Å². The lowest BCUT2D eigenvalue weighted by Gasteiger charge is -2.25. The van der Waals surface area contributed by atoms with E-state index in [2.05, 4.69) is 20.4 Å². The zero-order valence-electron chi connectivity index (χ0n) is 31.9. The fourth-order valence-electron chi connectivity index (χ4n) is 7.89. The Morgan fingerprint density at radius 1 is 0.625 bits per heavy atom. The first-order valence-electron chi connectivity index (χ1n) is 19.7. The number of aromatic nitrogens is 4. The highest BCUT2D eigenvalue weighted by Gasteiger charge is 2.31. The zero-order chi connectivity index (χ0) is 38.8. The van der Waals surface area contributed by atoms with Crippen molar-refractivity contribution in [3.05, 3.63) is 70.2 Å². The van der Waals surface area contributed by atoms with Gasteiger partial charge in [0.1, 0.15) is 11.4 Å². The van der Waals surface area contributed by atoms with Crippen LogP contribution in [0.25, 0.3) is 33.6 Å². The van der Waals surface area contributed by atoms with Crippen LogP contribution in [-0.2, 0) is 22.7 Å². The van der Waals surface area contributed by atoms with E-state index in [1.54, 1.807) is 26.6 Å². The summed E-state index contributed by atoms with van der Waals surface area (Å²) in [7, 11) is 3.21. The highest BCUT2D eigenvalue weighted by atomic mass is 35.5. The van der Waals surface area contributed by atoms with Gasteiger partial charge < -0.3 is 20.1 Å². The number of halogens is 2. The Morgan fingerprint density at radius 2 is 1.04 bits per heavy atom. The largest absolute Gasteiger partial charge is 0.480 e. The molecule has 294 valence electrons. The minimum Gasteiger partial charge on any atom is -0.480 e. The van der Waals surface area contributed by atoms with E-state index in [1.165, 1.54) is 25.7 Å². The van der Waals surface area contributed by atoms with E-state index in [-0.39, 0.29) is 23.9 Å². The molecule has 0 spiro atoms. The van der Waals surface area contributed by atoms with Crippen LogP contribution in [0.4, 0.5) is 0 Å². The molecule has 2 unspecified atom stereocenters. The lowest BCUT2D eigenvalue weighted by atomic mass is 9.98. The molecule has 56 heavy (non-hydrogen) atoms. The molecule has 12 nitrogen and oxygen atoms in total. The molecule has 2 aliphatic heterocycles. The van der Waals surface area contributed by atoms with Crippen LogP contribution >= 0.6 is 23.2 Å². The van der Waals surface area contributed by atoms with Gasteiger partial charge in [-0.3, -0.25) is 29.4 Å². The molecule has 2 amide bonds. The maximum atomic E-state index is 11.9. The summed E-state index contributed by atoms with van der Waals surface area (Å²) in [6, 6.07) is 11.8. The molecule has 0 bridgehead atoms. The number of amides is 2. The summed E-state index contributed by atoms with van der Waals surface area (Å²) in [4.78, 5) is 47.9. The maximum Gasteiger partial charge on any atom is 0.237 e. The molecule has 2 saturated carbocycles. The molecular weight excluding hydrogens is 751 g/mol. The number of hydrogen-bond acceptors (Lipinski definition) is 10. The van der Waals surface area contributed by atoms with Crippen molar-refractivity contribution in [3.63, 3.8) is 0 Å². The standard InChI is InChI=1S/C42H48Cl2N8O4/c1-55-41-35(23-51(19-25-9-10-25)21-27-13-15-37(53)47-27)45-17-33(49-41)31-7-3-5-29(39(31)43)30-6-4-8-32(40(30)44)34-18-46-36(42(50-34)56-2)24-52(20-26-11-12-26)22-28-14-16-38(54)48-28/h3-8,17-18,25-28H,9-16,19-24H2,1-2H3,(H,47,53)(H,48,54). The third-order valence-corrected chi connectivity index (χ3v) is 12.0. The molecule has 2 saturated heterocycles. The summed E-state index contributed by atoms with van der Waals surface area (Å²) in [6.07, 6.45) is 11.3. The molecule has 0 radical (unpaired) electrons. The second-order valence-electron chi connectivity index (χ2n) is 15.6. The average Bonchev–Trinajstić information content (AvgIpc) is 4.12. The summed E-state index contributed by atoms with van der Waals surface area (Å²) in [6.45, 7) is 4.59. The number of carbonyl (C=O) groups excluding carboxylic acids is 2. The average molecular weight is 800 g/mol. The molecule has 2 N–H and O–H groups in total. The van der Waals surface area contributed by atoms with Crippen molar-refractivity contribution in [2.45, 2.75) is 76.5 Å². The maximum absolute atomic E-state index is 11.9. The number of carbonyl (C=O) groups is 2. The number of methoxy groups -OCH3 is 2. The van der Waals surface area contributed by atoms with Crippen molar-refractivity contribution in [2.75, 3.05) is 40.4 Å². The highest BCUT2D eigenvalue weighted by Crippen LogP contribution is 2.42. The van der Waals surface area contributed by atoms with Gasteiger partial charge in [0.25, 0.3) is 0 Å². The van der Waals surface area contributed by atoms with Crippen LogP contribution in [-0.4, -0.2) is 94.0 Å². The predicted octanol–water partition coefficient (Wildman–Crippen LogP) is 6.57. The Hall–Kier alpha value is -4.36. The molecule has 2 aromatic carbocycles. The lowest BCUT2D eigenvalue weighted by molar-refractivity contribution is -0.120. The third-order valence-electron chi connectivity index (χ3n) is 11.1. The van der Waals surface area contributed by atoms with Crippen molar-refractivity contribution in [3.8, 4) is 45.4 Å². The number of hydrogen-bond donors (Lipinski definition) is 2. The van der Waals surface area contributed by atoms with Gasteiger partial charge in [0.2, 0.25) is 23.6 Å². The van der Waals surface area contributed by atoms with E-state index >= 15 is 0 Å². The topological polar surface area (TPSA) is 135 Å². The number of nitrogens with one attached hydrogen (secondary N) is 2. The lowest BCUT2D eigenvalue weighted by Crippen LogP contribution is -2.39. The fourth-order valence-corrected chi connectivity index (χ4v) is 8.54. The number of rotatable bonds is 17. The number of benzene rings is 2. The Kier molecular flexibility index (Phi) is 11.7. The zero-order valence-corrected chi connectivity index (χ0v) is 33.4. The SMILES string of the molecule is COc1nc(-c2cccc(-c3cccc(-c4cnc(CN(CC5CC5)CC5CCC(=O)N5)c(OC)n4)c3Cl)c2Cl)cnc1CN(CC1CC1)CC1CCC(=O)N1. The van der Waals surface area contributed by atoms with Crippen LogP contribution in [0.3, 0.4) is 0 Å². The Balaban J connectivity index is 1.02. The van der Waals surface area contributed by atoms with E-state index < -0.39 is 0 Å². The first-order valence-corrected chi connectivity index (χ1v) is 20.4. The van der Waals surface area contributed by atoms with Crippen molar-refractivity contribution in [1.29, 1.82) is 0 Å². The molecule has 8 rings (SSSR count). The molecule has 4 fully saturated rings. The molecule has 4 aromatic rings. The van der Waals surface area contributed by atoms with E-state index in [0.29, 0.717) is 82.1 Å². The normalized spacial score (nSPS) is 19.5. The Labute approximate surface area is 337 Å². The summed E-state index contributed by atoms with van der Waals surface area (Å²) in [5.74, 6) is 2.48. The number of ether oxygens (including phenoxy) is 2. The van der Waals surface area contributed by atoms with Crippen molar-refractivity contribution >= 4 is 35.0 Å². The van der Waals surface area contributed by atoms with Crippen LogP contribution in [0.15, 0.2) is 48.8 Å². The van der Waals surface area contributed by atoms with Crippen molar-refractivity contribution in [2.24, 2.45) is 11.8 Å². The van der Waals surface area contributed by atoms with Gasteiger partial charge in [-0.25, -0.2) is 9.97 Å². The van der Waals surface area contributed by atoms with Gasteiger partial charge in [-0.1, -0.05) is 59.6 Å². The van der Waals surface area contributed by atoms with Crippen molar-refractivity contribution in [1.82, 2.24) is 40.4 Å². The molecular formula is C42H48Cl2N8O4. The van der Waals surface area contributed by atoms with Crippen LogP contribution in [0.1, 0.15) is 62.8 Å². The van der Waals surface area contributed by atoms with Gasteiger partial charge >= 0.3 is 0 Å². The van der Waals surface area contributed by atoms with E-state index in [1.807, 2.05) is 36.4 Å². The molecule has 2 aliphatic carbocycles. The minimum absolute atomic E-state index is 0.119. The molecule has 14 heteroatoms. The van der Waals surface area contributed by atoms with Gasteiger partial charge in [-0.05, 0) is 50.4 Å². The highest BCUT2D eigenvalue weighted by molar-refractivity contribution is 6.39. The van der Waals surface area contributed by atoms with Crippen LogP contribution < -0.4 is 20.1 Å². The van der Waals surface area contributed by atoms with Crippen LogP contribution in [0.5, 0.6) is 11.8 Å². The quantitative estimate of drug-likeness (QED) is 0.121. The minimum atomic E-state index is 0.119. The molecule has 4 heterocycles. The van der Waals surface area contributed by atoms with E-state index in [0.717, 1.165) is 61.5 Å². The molecule has 2 atom stereocenters. The van der Waals surface area contributed by atoms with Gasteiger partial charge in [0.15, 0.2) is 0 Å². The summed E-state index contributed by atoms with van der Waals surface area (Å²) < 4.78 is 11.6. The van der Waals surface area contributed by atoms with E-state index in [9.17, 15) is 9.59 Å². The van der Waals surface area contributed by atoms with Crippen LogP contribution in [0, 0.1) is 11.8 Å². The Bertz CT molecular complexity index is 1950. The smallest absolute Gasteiger partial charge is 0.237 e. The third kappa shape index (κ3) is 9.09. The molecule has 2 aromatic heterocycles. The predicted molar refractivity (Wildman–Crippen MR) is 215 cm³/mol. The summed E-state index contributed by atoms with van der Waals surface area (Å²) >= 11 is 14.4. The van der Waals surface area contributed by atoms with Gasteiger partial charge in [0, 0.05) is 86.4 Å². The second kappa shape index (κ2) is 17.0. The van der Waals surface area contributed by atoms with Gasteiger partial charge in [-0.15, -0.1) is 0 Å². The second-order valence-corrected chi connectivity index (χ2v) is 16.4. The van der Waals surface area contributed by atoms with Gasteiger partial charge in [-0.2, -0.15) is 0 Å². The van der Waals surface area contributed by atoms with Crippen LogP contribution in [0.2, 0.25) is 10.0 Å². The monoisotopic (exact) mass is 798 g/mol. The number of nitrogens with zero attached hydrogens (tertiary/aromatic N) is 6. The first-order chi connectivity index (χ1) is 27.2. The summed E-state index contributed by atoms with van der Waals surface area (Å²) in [5, 5.41) is 7.17. The Morgan fingerprint density at radius 3 is 1.39 bits per heavy atom.